The minimum Gasteiger partial charge on any atom is -0.257 e. The largest absolute Gasteiger partial charge is 0.257 e. The summed E-state index contributed by atoms with van der Waals surface area (Å²) in [5.74, 6) is 0. The third kappa shape index (κ3) is 3.06. The molecule has 0 heterocycles. The molecule has 1 nitrogen and oxygen atoms in total. The molecule has 0 N–H and O–H groups in total. The average molecular weight is 227 g/mol. The van der Waals surface area contributed by atoms with Crippen molar-refractivity contribution in [2.45, 2.75) is 46.0 Å². The minimum absolute atomic E-state index is 1.14. The summed E-state index contributed by atoms with van der Waals surface area (Å²) in [5, 5.41) is 0. The van der Waals surface area contributed by atoms with Gasteiger partial charge in [0.25, 0.3) is 0 Å². The molecule has 0 amide bonds. The van der Waals surface area contributed by atoms with Gasteiger partial charge in [0.1, 0.15) is 0 Å². The summed E-state index contributed by atoms with van der Waals surface area (Å²) in [6, 6.07) is 8.46. The lowest BCUT2D eigenvalue weighted by molar-refractivity contribution is 0.667. The van der Waals surface area contributed by atoms with Gasteiger partial charge in [-0.25, -0.2) is 0 Å². The molecule has 0 radical (unpaired) electrons. The number of benzene rings is 1. The first kappa shape index (κ1) is 12.1. The van der Waals surface area contributed by atoms with Gasteiger partial charge in [0.15, 0.2) is 0 Å². The highest BCUT2D eigenvalue weighted by molar-refractivity contribution is 5.89. The fraction of sp³-hybridized carbons (Fsp3) is 0.438. The molecule has 1 heteroatoms. The van der Waals surface area contributed by atoms with E-state index in [0.29, 0.717) is 0 Å². The van der Waals surface area contributed by atoms with Crippen LogP contribution in [-0.4, -0.2) is 5.71 Å². The number of nitrogens with zero attached hydrogens (tertiary/aromatic N) is 1. The number of para-hydroxylation sites is 1. The number of hydrogen-bond acceptors (Lipinski definition) is 1. The zero-order valence-electron chi connectivity index (χ0n) is 10.9. The van der Waals surface area contributed by atoms with Gasteiger partial charge in [-0.2, -0.15) is 0 Å². The van der Waals surface area contributed by atoms with Crippen molar-refractivity contribution in [2.24, 2.45) is 4.99 Å². The van der Waals surface area contributed by atoms with Crippen LogP contribution >= 0.6 is 0 Å². The molecular formula is C16H21N. The summed E-state index contributed by atoms with van der Waals surface area (Å²) < 4.78 is 0. The van der Waals surface area contributed by atoms with E-state index in [2.05, 4.69) is 44.2 Å². The molecule has 1 saturated carbocycles. The minimum atomic E-state index is 1.14. The second kappa shape index (κ2) is 5.81. The van der Waals surface area contributed by atoms with Gasteiger partial charge in [0.05, 0.1) is 5.69 Å². The van der Waals surface area contributed by atoms with E-state index in [1.807, 2.05) is 0 Å². The second-order valence-electron chi connectivity index (χ2n) is 4.73. The summed E-state index contributed by atoms with van der Waals surface area (Å²) in [6.45, 7) is 4.24. The van der Waals surface area contributed by atoms with E-state index in [1.54, 1.807) is 0 Å². The van der Waals surface area contributed by atoms with Crippen molar-refractivity contribution in [1.29, 1.82) is 0 Å². The molecule has 0 spiro atoms. The van der Waals surface area contributed by atoms with Gasteiger partial charge in [-0.1, -0.05) is 30.7 Å². The quantitative estimate of drug-likeness (QED) is 0.662. The molecule has 0 unspecified atom stereocenters. The zero-order valence-corrected chi connectivity index (χ0v) is 10.9. The van der Waals surface area contributed by atoms with Crippen molar-refractivity contribution in [3.05, 3.63) is 35.9 Å². The van der Waals surface area contributed by atoms with Crippen LogP contribution in [0.15, 0.2) is 35.3 Å². The molecule has 0 saturated heterocycles. The highest BCUT2D eigenvalue weighted by Gasteiger charge is 2.08. The van der Waals surface area contributed by atoms with Crippen LogP contribution in [0, 0.1) is 0 Å². The Balaban J connectivity index is 2.31. The fourth-order valence-corrected chi connectivity index (χ4v) is 2.30. The lowest BCUT2D eigenvalue weighted by Gasteiger charge is -2.13. The fourth-order valence-electron chi connectivity index (χ4n) is 2.30. The van der Waals surface area contributed by atoms with Crippen molar-refractivity contribution in [2.75, 3.05) is 0 Å². The summed E-state index contributed by atoms with van der Waals surface area (Å²) >= 11 is 0. The van der Waals surface area contributed by atoms with Gasteiger partial charge in [-0.3, -0.25) is 4.99 Å². The Morgan fingerprint density at radius 3 is 2.53 bits per heavy atom. The van der Waals surface area contributed by atoms with Crippen molar-refractivity contribution < 1.29 is 0 Å². The third-order valence-electron chi connectivity index (χ3n) is 3.47. The average Bonchev–Trinajstić information content (AvgIpc) is 2.40. The van der Waals surface area contributed by atoms with E-state index in [4.69, 9.17) is 4.99 Å². The summed E-state index contributed by atoms with van der Waals surface area (Å²) in [6.07, 6.45) is 8.51. The van der Waals surface area contributed by atoms with Gasteiger partial charge >= 0.3 is 0 Å². The van der Waals surface area contributed by atoms with E-state index in [9.17, 15) is 0 Å². The molecule has 2 rings (SSSR count). The number of aliphatic imine (C=N–C) groups is 1. The van der Waals surface area contributed by atoms with Gasteiger partial charge in [-0.15, -0.1) is 0 Å². The van der Waals surface area contributed by atoms with Crippen molar-refractivity contribution in [3.63, 3.8) is 0 Å². The van der Waals surface area contributed by atoms with Gasteiger partial charge < -0.3 is 0 Å². The smallest absolute Gasteiger partial charge is 0.0703 e. The molecular weight excluding hydrogens is 206 g/mol. The number of allylic oxidation sites excluding steroid dienone is 2. The van der Waals surface area contributed by atoms with E-state index < -0.39 is 0 Å². The molecule has 1 aromatic rings. The van der Waals surface area contributed by atoms with Crippen molar-refractivity contribution in [3.8, 4) is 0 Å². The predicted molar refractivity (Wildman–Crippen MR) is 75.9 cm³/mol. The first-order valence-corrected chi connectivity index (χ1v) is 6.60. The Morgan fingerprint density at radius 2 is 1.82 bits per heavy atom. The SMILES string of the molecule is C/C=C(/C)c1ccccc1N=C1CCCCC1. The first-order valence-electron chi connectivity index (χ1n) is 6.60. The van der Waals surface area contributed by atoms with Crippen LogP contribution in [0.5, 0.6) is 0 Å². The van der Waals surface area contributed by atoms with Crippen LogP contribution in [0.4, 0.5) is 5.69 Å². The molecule has 0 aliphatic heterocycles. The lowest BCUT2D eigenvalue weighted by Crippen LogP contribution is -2.04. The molecule has 0 aromatic heterocycles. The Kier molecular flexibility index (Phi) is 4.13. The maximum absolute atomic E-state index is 4.86. The van der Waals surface area contributed by atoms with E-state index in [0.717, 1.165) is 5.69 Å². The van der Waals surface area contributed by atoms with Gasteiger partial charge in [-0.05, 0) is 51.2 Å². The zero-order chi connectivity index (χ0) is 12.1. The predicted octanol–water partition coefficient (Wildman–Crippen LogP) is 5.15. The van der Waals surface area contributed by atoms with Crippen molar-refractivity contribution in [1.82, 2.24) is 0 Å². The third-order valence-corrected chi connectivity index (χ3v) is 3.47. The number of hydrogen-bond donors (Lipinski definition) is 0. The van der Waals surface area contributed by atoms with Crippen LogP contribution in [0.25, 0.3) is 5.57 Å². The van der Waals surface area contributed by atoms with Crippen LogP contribution in [-0.2, 0) is 0 Å². The molecule has 1 fully saturated rings. The first-order chi connectivity index (χ1) is 8.31. The normalized spacial score (nSPS) is 17.1. The molecule has 17 heavy (non-hydrogen) atoms. The van der Waals surface area contributed by atoms with E-state index in [-0.39, 0.29) is 0 Å². The highest BCUT2D eigenvalue weighted by Crippen LogP contribution is 2.28. The van der Waals surface area contributed by atoms with E-state index >= 15 is 0 Å². The summed E-state index contributed by atoms with van der Waals surface area (Å²) in [4.78, 5) is 4.86. The molecule has 1 aliphatic carbocycles. The molecule has 1 aromatic carbocycles. The summed E-state index contributed by atoms with van der Waals surface area (Å²) in [7, 11) is 0. The lowest BCUT2D eigenvalue weighted by atomic mass is 9.98. The Hall–Kier alpha value is -1.37. The van der Waals surface area contributed by atoms with Crippen LogP contribution in [0.1, 0.15) is 51.5 Å². The topological polar surface area (TPSA) is 12.4 Å². The summed E-state index contributed by atoms with van der Waals surface area (Å²) in [5.41, 5.74) is 5.10. The van der Waals surface area contributed by atoms with Crippen LogP contribution in [0.2, 0.25) is 0 Å². The molecule has 90 valence electrons. The van der Waals surface area contributed by atoms with E-state index in [1.165, 1.54) is 49.0 Å². The molecule has 1 aliphatic rings. The van der Waals surface area contributed by atoms with Crippen molar-refractivity contribution >= 4 is 17.0 Å². The standard InChI is InChI=1S/C16H21N/c1-3-13(2)15-11-7-8-12-16(15)17-14-9-5-4-6-10-14/h3,7-8,11-12H,4-6,9-10H2,1-2H3/b13-3-. The van der Waals surface area contributed by atoms with Crippen LogP contribution < -0.4 is 0 Å². The van der Waals surface area contributed by atoms with Gasteiger partial charge in [0.2, 0.25) is 0 Å². The Morgan fingerprint density at radius 1 is 1.12 bits per heavy atom. The molecule has 0 atom stereocenters. The maximum atomic E-state index is 4.86. The molecule has 0 bridgehead atoms. The Bertz CT molecular complexity index is 433. The Labute approximate surface area is 104 Å². The second-order valence-corrected chi connectivity index (χ2v) is 4.73. The monoisotopic (exact) mass is 227 g/mol. The van der Waals surface area contributed by atoms with Crippen LogP contribution in [0.3, 0.4) is 0 Å². The maximum Gasteiger partial charge on any atom is 0.0703 e. The van der Waals surface area contributed by atoms with Gasteiger partial charge in [0, 0.05) is 11.3 Å². The number of rotatable bonds is 2. The highest BCUT2D eigenvalue weighted by atomic mass is 14.8.